The maximum atomic E-state index is 13.0. The van der Waals surface area contributed by atoms with E-state index in [4.69, 9.17) is 9.47 Å². The summed E-state index contributed by atoms with van der Waals surface area (Å²) in [4.78, 5) is 24.8. The molecule has 0 amide bonds. The summed E-state index contributed by atoms with van der Waals surface area (Å²) in [5.41, 5.74) is 3.79. The van der Waals surface area contributed by atoms with E-state index in [1.165, 1.54) is 7.11 Å². The van der Waals surface area contributed by atoms with Gasteiger partial charge in [-0.2, -0.15) is 5.10 Å². The Balaban J connectivity index is 1.43. The van der Waals surface area contributed by atoms with Crippen LogP contribution >= 0.6 is 0 Å². The molecule has 0 radical (unpaired) electrons. The first-order valence-electron chi connectivity index (χ1n) is 11.9. The highest BCUT2D eigenvalue weighted by Gasteiger charge is 2.12. The minimum Gasteiger partial charge on any atom is -0.491 e. The number of ether oxygens (including phenoxy) is 2. The van der Waals surface area contributed by atoms with Gasteiger partial charge in [0.1, 0.15) is 12.4 Å². The van der Waals surface area contributed by atoms with Gasteiger partial charge in [0.15, 0.2) is 5.43 Å². The summed E-state index contributed by atoms with van der Waals surface area (Å²) < 4.78 is 15.1. The summed E-state index contributed by atoms with van der Waals surface area (Å²) in [6, 6.07) is 23.3. The van der Waals surface area contributed by atoms with E-state index in [9.17, 15) is 9.59 Å². The van der Waals surface area contributed by atoms with E-state index >= 15 is 0 Å². The fourth-order valence-corrected chi connectivity index (χ4v) is 4.52. The number of esters is 1. The third-order valence-corrected chi connectivity index (χ3v) is 6.31. The number of aromatic nitrogens is 3. The Kier molecular flexibility index (Phi) is 6.80. The van der Waals surface area contributed by atoms with Gasteiger partial charge in [-0.3, -0.25) is 14.3 Å². The van der Waals surface area contributed by atoms with Crippen molar-refractivity contribution in [3.05, 3.63) is 107 Å². The summed E-state index contributed by atoms with van der Waals surface area (Å²) in [5, 5.41) is 5.67. The maximum absolute atomic E-state index is 13.0. The van der Waals surface area contributed by atoms with Crippen LogP contribution in [-0.2, 0) is 29.0 Å². The molecule has 0 unspecified atom stereocenters. The second kappa shape index (κ2) is 10.5. The van der Waals surface area contributed by atoms with Crippen molar-refractivity contribution >= 4 is 27.8 Å². The monoisotopic (exact) mass is 481 g/mol. The molecule has 0 saturated heterocycles. The molecule has 0 bridgehead atoms. The lowest BCUT2D eigenvalue weighted by molar-refractivity contribution is -0.140. The Morgan fingerprint density at radius 3 is 2.33 bits per heavy atom. The number of para-hydroxylation sites is 2. The number of benzene rings is 3. The summed E-state index contributed by atoms with van der Waals surface area (Å²) in [5.74, 6) is 0.478. The van der Waals surface area contributed by atoms with Crippen LogP contribution in [0.25, 0.3) is 21.8 Å². The van der Waals surface area contributed by atoms with Crippen LogP contribution in [-0.4, -0.2) is 34.0 Å². The Morgan fingerprint density at radius 2 is 1.67 bits per heavy atom. The molecule has 182 valence electrons. The van der Waals surface area contributed by atoms with Gasteiger partial charge < -0.3 is 14.0 Å². The van der Waals surface area contributed by atoms with Crippen molar-refractivity contribution in [1.82, 2.24) is 14.3 Å². The van der Waals surface area contributed by atoms with Gasteiger partial charge in [-0.25, -0.2) is 0 Å². The Bertz CT molecular complexity index is 1510. The standard InChI is InChI=1S/C29H27N3O4/c1-35-28(33)14-13-22-12-11-21(20-31-16-6-15-30-31)19-27(22)36-18-17-32-25-9-4-2-7-23(25)29(34)24-8-3-5-10-26(24)32/h2-12,15-16,19H,13-14,17-18,20H2,1H3. The molecule has 5 rings (SSSR count). The number of hydrogen-bond donors (Lipinski definition) is 0. The molecule has 0 N–H and O–H groups in total. The third-order valence-electron chi connectivity index (χ3n) is 6.31. The third kappa shape index (κ3) is 4.86. The lowest BCUT2D eigenvalue weighted by Crippen LogP contribution is -2.15. The first-order valence-corrected chi connectivity index (χ1v) is 11.9. The second-order valence-corrected chi connectivity index (χ2v) is 8.59. The van der Waals surface area contributed by atoms with E-state index in [-0.39, 0.29) is 17.8 Å². The number of methoxy groups -OCH3 is 1. The maximum Gasteiger partial charge on any atom is 0.305 e. The Hall–Kier alpha value is -4.39. The van der Waals surface area contributed by atoms with Crippen LogP contribution in [0.1, 0.15) is 17.5 Å². The van der Waals surface area contributed by atoms with Crippen molar-refractivity contribution in [3.63, 3.8) is 0 Å². The average Bonchev–Trinajstić information content (AvgIpc) is 3.43. The number of nitrogens with zero attached hydrogens (tertiary/aromatic N) is 3. The molecule has 0 aliphatic heterocycles. The van der Waals surface area contributed by atoms with E-state index in [1.807, 2.05) is 83.7 Å². The molecule has 5 aromatic rings. The minimum atomic E-state index is -0.257. The van der Waals surface area contributed by atoms with Crippen molar-refractivity contribution in [2.24, 2.45) is 0 Å². The summed E-state index contributed by atoms with van der Waals surface area (Å²) >= 11 is 0. The van der Waals surface area contributed by atoms with Gasteiger partial charge in [0.2, 0.25) is 0 Å². The topological polar surface area (TPSA) is 75.4 Å². The molecule has 0 saturated carbocycles. The number of aryl methyl sites for hydroxylation is 1. The van der Waals surface area contributed by atoms with Crippen molar-refractivity contribution < 1.29 is 14.3 Å². The number of rotatable bonds is 9. The Labute approximate surface area is 208 Å². The number of fused-ring (bicyclic) bond motifs is 2. The zero-order chi connectivity index (χ0) is 24.9. The molecule has 0 fully saturated rings. The van der Waals surface area contributed by atoms with E-state index < -0.39 is 0 Å². The molecule has 7 heteroatoms. The molecule has 2 heterocycles. The molecule has 7 nitrogen and oxygen atoms in total. The van der Waals surface area contributed by atoms with Crippen molar-refractivity contribution in [2.45, 2.75) is 25.9 Å². The minimum absolute atomic E-state index is 0.0368. The smallest absolute Gasteiger partial charge is 0.305 e. The zero-order valence-corrected chi connectivity index (χ0v) is 20.1. The highest BCUT2D eigenvalue weighted by molar-refractivity contribution is 5.93. The van der Waals surface area contributed by atoms with Gasteiger partial charge >= 0.3 is 5.97 Å². The molecule has 3 aromatic carbocycles. The average molecular weight is 482 g/mol. The molecule has 0 spiro atoms. The molecular formula is C29H27N3O4. The predicted octanol–water partition coefficient (Wildman–Crippen LogP) is 4.58. The number of hydrogen-bond acceptors (Lipinski definition) is 5. The summed E-state index contributed by atoms with van der Waals surface area (Å²) in [7, 11) is 1.39. The van der Waals surface area contributed by atoms with Gasteiger partial charge in [0, 0.05) is 29.6 Å². The lowest BCUT2D eigenvalue weighted by Gasteiger charge is -2.17. The van der Waals surface area contributed by atoms with Crippen LogP contribution in [0.2, 0.25) is 0 Å². The van der Waals surface area contributed by atoms with Crippen molar-refractivity contribution in [2.75, 3.05) is 13.7 Å². The van der Waals surface area contributed by atoms with E-state index in [0.717, 1.165) is 27.9 Å². The molecule has 0 aliphatic rings. The summed E-state index contributed by atoms with van der Waals surface area (Å²) in [6.07, 6.45) is 4.47. The van der Waals surface area contributed by atoms with Gasteiger partial charge in [-0.15, -0.1) is 0 Å². The number of carbonyl (C=O) groups excluding carboxylic acids is 1. The normalized spacial score (nSPS) is 11.1. The molecule has 0 atom stereocenters. The number of carbonyl (C=O) groups is 1. The molecule has 0 aliphatic carbocycles. The zero-order valence-electron chi connectivity index (χ0n) is 20.1. The fourth-order valence-electron chi connectivity index (χ4n) is 4.52. The van der Waals surface area contributed by atoms with Crippen LogP contribution in [0.15, 0.2) is 90.0 Å². The fraction of sp³-hybridized carbons (Fsp3) is 0.207. The highest BCUT2D eigenvalue weighted by atomic mass is 16.5. The highest BCUT2D eigenvalue weighted by Crippen LogP contribution is 2.24. The van der Waals surface area contributed by atoms with Crippen molar-refractivity contribution in [3.8, 4) is 5.75 Å². The predicted molar refractivity (Wildman–Crippen MR) is 139 cm³/mol. The van der Waals surface area contributed by atoms with Crippen LogP contribution in [0.3, 0.4) is 0 Å². The van der Waals surface area contributed by atoms with E-state index in [2.05, 4.69) is 9.67 Å². The van der Waals surface area contributed by atoms with Gasteiger partial charge in [0.05, 0.1) is 31.2 Å². The Morgan fingerprint density at radius 1 is 0.944 bits per heavy atom. The largest absolute Gasteiger partial charge is 0.491 e. The first kappa shape index (κ1) is 23.4. The van der Waals surface area contributed by atoms with Crippen LogP contribution in [0.5, 0.6) is 5.75 Å². The SMILES string of the molecule is COC(=O)CCc1ccc(Cn2cccn2)cc1OCCn1c2ccccc2c(=O)c2ccccc21. The van der Waals surface area contributed by atoms with Crippen LogP contribution < -0.4 is 10.2 Å². The summed E-state index contributed by atoms with van der Waals surface area (Å²) in [6.45, 7) is 1.57. The van der Waals surface area contributed by atoms with Gasteiger partial charge in [0.25, 0.3) is 0 Å². The molecule has 2 aromatic heterocycles. The van der Waals surface area contributed by atoms with Gasteiger partial charge in [-0.05, 0) is 53.9 Å². The quantitative estimate of drug-likeness (QED) is 0.228. The molecule has 36 heavy (non-hydrogen) atoms. The van der Waals surface area contributed by atoms with E-state index in [1.54, 1.807) is 6.20 Å². The van der Waals surface area contributed by atoms with Crippen LogP contribution in [0, 0.1) is 0 Å². The van der Waals surface area contributed by atoms with Crippen LogP contribution in [0.4, 0.5) is 0 Å². The lowest BCUT2D eigenvalue weighted by atomic mass is 10.1. The molecular weight excluding hydrogens is 454 g/mol. The number of pyridine rings is 1. The van der Waals surface area contributed by atoms with Gasteiger partial charge in [-0.1, -0.05) is 36.4 Å². The van der Waals surface area contributed by atoms with E-state index in [0.29, 0.717) is 36.9 Å². The first-order chi connectivity index (χ1) is 17.6. The second-order valence-electron chi connectivity index (χ2n) is 8.59. The van der Waals surface area contributed by atoms with Crippen molar-refractivity contribution in [1.29, 1.82) is 0 Å².